The highest BCUT2D eigenvalue weighted by molar-refractivity contribution is 6.02. The van der Waals surface area contributed by atoms with Crippen LogP contribution in [0.4, 0.5) is 18.9 Å². The monoisotopic (exact) mass is 269 g/mol. The first-order valence-electron chi connectivity index (χ1n) is 5.99. The lowest BCUT2D eigenvalue weighted by Crippen LogP contribution is -2.31. The number of carbonyl (C=O) groups excluding carboxylic acids is 1. The van der Waals surface area contributed by atoms with Gasteiger partial charge in [0.15, 0.2) is 0 Å². The minimum Gasteiger partial charge on any atom is -0.361 e. The van der Waals surface area contributed by atoms with Gasteiger partial charge < -0.3 is 5.32 Å². The molecule has 1 heterocycles. The third-order valence-corrected chi connectivity index (χ3v) is 3.20. The van der Waals surface area contributed by atoms with Crippen LogP contribution in [0.1, 0.15) is 25.3 Å². The lowest BCUT2D eigenvalue weighted by molar-refractivity contribution is -0.167. The van der Waals surface area contributed by atoms with Crippen molar-refractivity contribution in [3.63, 3.8) is 0 Å². The minimum absolute atomic E-state index is 0.0965. The van der Waals surface area contributed by atoms with Gasteiger partial charge >= 0.3 is 6.18 Å². The second-order valence-electron chi connectivity index (χ2n) is 4.88. The van der Waals surface area contributed by atoms with E-state index in [1.165, 1.54) is 6.20 Å². The van der Waals surface area contributed by atoms with Crippen molar-refractivity contribution in [1.29, 1.82) is 0 Å². The number of fused-ring (bicyclic) bond motifs is 1. The molecule has 1 atom stereocenters. The summed E-state index contributed by atoms with van der Waals surface area (Å²) in [5.41, 5.74) is 1.26. The molecule has 5 heteroatoms. The van der Waals surface area contributed by atoms with Gasteiger partial charge in [0.05, 0.1) is 0 Å². The van der Waals surface area contributed by atoms with Crippen molar-refractivity contribution in [2.24, 2.45) is 5.92 Å². The third kappa shape index (κ3) is 2.50. The summed E-state index contributed by atoms with van der Waals surface area (Å²) in [7, 11) is 0. The molecule has 0 aliphatic carbocycles. The van der Waals surface area contributed by atoms with E-state index >= 15 is 0 Å². The molecular formula is C14H14F3NO. The molecule has 0 spiro atoms. The summed E-state index contributed by atoms with van der Waals surface area (Å²) in [4.78, 5) is 11.5. The van der Waals surface area contributed by atoms with Crippen LogP contribution < -0.4 is 5.32 Å². The molecule has 1 aliphatic heterocycles. The minimum atomic E-state index is -4.84. The van der Waals surface area contributed by atoms with Crippen molar-refractivity contribution in [3.05, 3.63) is 41.6 Å². The summed E-state index contributed by atoms with van der Waals surface area (Å²) in [5, 5.41) is 2.77. The van der Waals surface area contributed by atoms with Crippen LogP contribution in [0.15, 0.2) is 36.0 Å². The molecule has 19 heavy (non-hydrogen) atoms. The largest absolute Gasteiger partial charge is 0.454 e. The van der Waals surface area contributed by atoms with Crippen LogP contribution in [0.2, 0.25) is 0 Å². The number of allylic oxidation sites excluding steroid dienone is 1. The molecule has 0 saturated carbocycles. The topological polar surface area (TPSA) is 29.1 Å². The molecular weight excluding hydrogens is 255 g/mol. The maximum Gasteiger partial charge on any atom is 0.454 e. The second-order valence-corrected chi connectivity index (χ2v) is 4.88. The van der Waals surface area contributed by atoms with Gasteiger partial charge in [-0.25, -0.2) is 0 Å². The second kappa shape index (κ2) is 4.72. The fourth-order valence-corrected chi connectivity index (χ4v) is 2.40. The van der Waals surface area contributed by atoms with Crippen molar-refractivity contribution >= 4 is 11.5 Å². The number of hydrogen-bond acceptors (Lipinski definition) is 2. The molecule has 0 saturated heterocycles. The van der Waals surface area contributed by atoms with Gasteiger partial charge in [-0.2, -0.15) is 13.2 Å². The first-order chi connectivity index (χ1) is 8.82. The number of hydrogen-bond donors (Lipinski definition) is 1. The van der Waals surface area contributed by atoms with Crippen LogP contribution in [0.3, 0.4) is 0 Å². The van der Waals surface area contributed by atoms with Gasteiger partial charge in [0, 0.05) is 23.4 Å². The molecule has 0 amide bonds. The smallest absolute Gasteiger partial charge is 0.361 e. The van der Waals surface area contributed by atoms with E-state index in [9.17, 15) is 18.0 Å². The molecule has 0 bridgehead atoms. The molecule has 1 N–H and O–H groups in total. The fraction of sp³-hybridized carbons (Fsp3) is 0.357. The van der Waals surface area contributed by atoms with Crippen molar-refractivity contribution in [2.45, 2.75) is 25.9 Å². The number of carbonyl (C=O) groups is 1. The predicted molar refractivity (Wildman–Crippen MR) is 66.8 cm³/mol. The summed E-state index contributed by atoms with van der Waals surface area (Å²) in [6.07, 6.45) is -3.66. The number of ketones is 1. The molecule has 1 unspecified atom stereocenters. The van der Waals surface area contributed by atoms with Crippen LogP contribution in [0, 0.1) is 5.92 Å². The molecule has 0 fully saturated rings. The molecule has 2 nitrogen and oxygen atoms in total. The van der Waals surface area contributed by atoms with Gasteiger partial charge in [-0.3, -0.25) is 4.79 Å². The van der Waals surface area contributed by atoms with E-state index < -0.39 is 17.9 Å². The maximum absolute atomic E-state index is 12.6. The zero-order chi connectivity index (χ0) is 14.2. The molecule has 1 aromatic rings. The lowest BCUT2D eigenvalue weighted by Gasteiger charge is -2.30. The van der Waals surface area contributed by atoms with E-state index in [1.54, 1.807) is 24.3 Å². The summed E-state index contributed by atoms with van der Waals surface area (Å²) >= 11 is 0. The Labute approximate surface area is 109 Å². The molecule has 1 aromatic carbocycles. The van der Waals surface area contributed by atoms with E-state index in [-0.39, 0.29) is 11.5 Å². The van der Waals surface area contributed by atoms with Crippen LogP contribution in [0.5, 0.6) is 0 Å². The zero-order valence-corrected chi connectivity index (χ0v) is 10.6. The Balaban J connectivity index is 2.47. The predicted octanol–water partition coefficient (Wildman–Crippen LogP) is 3.87. The summed E-state index contributed by atoms with van der Waals surface area (Å²) < 4.78 is 37.9. The van der Waals surface area contributed by atoms with Gasteiger partial charge in [0.2, 0.25) is 0 Å². The van der Waals surface area contributed by atoms with Gasteiger partial charge in [-0.1, -0.05) is 32.0 Å². The van der Waals surface area contributed by atoms with Gasteiger partial charge in [0.1, 0.15) is 0 Å². The summed E-state index contributed by atoms with van der Waals surface area (Å²) in [6.45, 7) is 3.62. The molecule has 1 aliphatic rings. The summed E-state index contributed by atoms with van der Waals surface area (Å²) in [5.74, 6) is -2.40. The van der Waals surface area contributed by atoms with Crippen molar-refractivity contribution in [1.82, 2.24) is 0 Å². The standard InChI is InChI=1S/C14H14F3NO/c1-8(2)12-9-5-3-4-6-11(9)18-7-10(12)13(19)14(15,16)17/h3-8,12,18H,1-2H3. The quantitative estimate of drug-likeness (QED) is 0.883. The van der Waals surface area contributed by atoms with E-state index in [2.05, 4.69) is 5.32 Å². The highest BCUT2D eigenvalue weighted by atomic mass is 19.4. The van der Waals surface area contributed by atoms with E-state index in [1.807, 2.05) is 13.8 Å². The van der Waals surface area contributed by atoms with Crippen molar-refractivity contribution in [2.75, 3.05) is 5.32 Å². The SMILES string of the molecule is CC(C)C1C(C(=O)C(F)(F)F)=CNc2ccccc21. The molecule has 0 radical (unpaired) electrons. The van der Waals surface area contributed by atoms with Crippen LogP contribution >= 0.6 is 0 Å². The number of para-hydroxylation sites is 1. The average molecular weight is 269 g/mol. The number of halogens is 3. The molecule has 2 rings (SSSR count). The number of Topliss-reactive ketones (excluding diaryl/α,β-unsaturated/α-hetero) is 1. The Morgan fingerprint density at radius 2 is 1.89 bits per heavy atom. The van der Waals surface area contributed by atoms with Crippen LogP contribution in [-0.2, 0) is 4.79 Å². The Kier molecular flexibility index (Phi) is 3.39. The lowest BCUT2D eigenvalue weighted by atomic mass is 9.78. The normalized spacial score (nSPS) is 18.6. The van der Waals surface area contributed by atoms with Gasteiger partial charge in [-0.05, 0) is 17.5 Å². The maximum atomic E-state index is 12.6. The number of nitrogens with one attached hydrogen (secondary N) is 1. The van der Waals surface area contributed by atoms with Gasteiger partial charge in [-0.15, -0.1) is 0 Å². The van der Waals surface area contributed by atoms with Crippen molar-refractivity contribution < 1.29 is 18.0 Å². The third-order valence-electron chi connectivity index (χ3n) is 3.20. The van der Waals surface area contributed by atoms with Gasteiger partial charge in [0.25, 0.3) is 5.78 Å². The summed E-state index contributed by atoms with van der Waals surface area (Å²) in [6, 6.07) is 7.10. The van der Waals surface area contributed by atoms with E-state index in [0.717, 1.165) is 11.3 Å². The zero-order valence-electron chi connectivity index (χ0n) is 10.6. The highest BCUT2D eigenvalue weighted by Gasteiger charge is 2.44. The number of alkyl halides is 3. The Hall–Kier alpha value is -1.78. The first kappa shape index (κ1) is 13.6. The van der Waals surface area contributed by atoms with Crippen LogP contribution in [0.25, 0.3) is 0 Å². The number of anilines is 1. The van der Waals surface area contributed by atoms with Crippen molar-refractivity contribution in [3.8, 4) is 0 Å². The molecule has 102 valence electrons. The number of rotatable bonds is 2. The Morgan fingerprint density at radius 1 is 1.26 bits per heavy atom. The highest BCUT2D eigenvalue weighted by Crippen LogP contribution is 2.41. The van der Waals surface area contributed by atoms with E-state index in [0.29, 0.717) is 0 Å². The molecule has 0 aromatic heterocycles. The fourth-order valence-electron chi connectivity index (χ4n) is 2.40. The first-order valence-corrected chi connectivity index (χ1v) is 5.99. The van der Waals surface area contributed by atoms with Crippen LogP contribution in [-0.4, -0.2) is 12.0 Å². The number of benzene rings is 1. The Bertz CT molecular complexity index is 532. The Morgan fingerprint density at radius 3 is 2.47 bits per heavy atom. The van der Waals surface area contributed by atoms with E-state index in [4.69, 9.17) is 0 Å². The average Bonchev–Trinajstić information content (AvgIpc) is 2.35.